The summed E-state index contributed by atoms with van der Waals surface area (Å²) in [7, 11) is -3.13. The number of carbonyl (C=O) groups excluding carboxylic acids is 2. The lowest BCUT2D eigenvalue weighted by Crippen LogP contribution is -2.04. The second-order valence-electron chi connectivity index (χ2n) is 4.08. The van der Waals surface area contributed by atoms with Gasteiger partial charge in [0.15, 0.2) is 6.35 Å². The summed E-state index contributed by atoms with van der Waals surface area (Å²) >= 11 is 1.06. The number of fused-ring (bicyclic) bond motifs is 1. The molecule has 2 N–H and O–H groups in total. The number of esters is 2. The molecule has 1 heterocycles. The van der Waals surface area contributed by atoms with E-state index in [2.05, 4.69) is 9.47 Å². The molecule has 0 spiro atoms. The summed E-state index contributed by atoms with van der Waals surface area (Å²) < 4.78 is 20.5. The average Bonchev–Trinajstić information content (AvgIpc) is 2.85. The summed E-state index contributed by atoms with van der Waals surface area (Å²) in [5.41, 5.74) is 0.349. The lowest BCUT2D eigenvalue weighted by Gasteiger charge is -2.03. The van der Waals surface area contributed by atoms with Crippen LogP contribution < -0.4 is 0 Å². The van der Waals surface area contributed by atoms with Gasteiger partial charge in [-0.2, -0.15) is 0 Å². The maximum Gasteiger partial charge on any atom is 0.362 e. The Kier molecular flexibility index (Phi) is 4.43. The molecule has 0 aliphatic heterocycles. The molecule has 0 saturated carbocycles. The second-order valence-corrected chi connectivity index (χ2v) is 6.75. The van der Waals surface area contributed by atoms with Crippen molar-refractivity contribution in [1.29, 1.82) is 0 Å². The number of thiophene rings is 1. The van der Waals surface area contributed by atoms with Gasteiger partial charge in [-0.05, 0) is 23.6 Å². The SMILES string of the molecule is COC(=O)c1ccc2cc(C(=O)OCP(=O)(O)O)sc2c1. The van der Waals surface area contributed by atoms with Crippen molar-refractivity contribution >= 4 is 41.0 Å². The molecule has 0 bridgehead atoms. The van der Waals surface area contributed by atoms with Gasteiger partial charge in [0.2, 0.25) is 0 Å². The van der Waals surface area contributed by atoms with Gasteiger partial charge in [0.25, 0.3) is 0 Å². The molecule has 21 heavy (non-hydrogen) atoms. The molecular weight excluding hydrogens is 319 g/mol. The van der Waals surface area contributed by atoms with Gasteiger partial charge in [-0.15, -0.1) is 11.3 Å². The molecule has 1 aromatic carbocycles. The van der Waals surface area contributed by atoms with E-state index in [0.717, 1.165) is 16.7 Å². The largest absolute Gasteiger partial charge is 0.465 e. The highest BCUT2D eigenvalue weighted by Gasteiger charge is 2.19. The minimum Gasteiger partial charge on any atom is -0.465 e. The Balaban J connectivity index is 2.24. The fraction of sp³-hybridized carbons (Fsp3) is 0.167. The van der Waals surface area contributed by atoms with E-state index in [1.54, 1.807) is 18.2 Å². The van der Waals surface area contributed by atoms with E-state index >= 15 is 0 Å². The molecule has 0 amide bonds. The van der Waals surface area contributed by atoms with Crippen LogP contribution >= 0.6 is 18.9 Å². The smallest absolute Gasteiger partial charge is 0.362 e. The Labute approximate surface area is 123 Å². The van der Waals surface area contributed by atoms with E-state index < -0.39 is 25.9 Å². The van der Waals surface area contributed by atoms with Crippen LogP contribution in [0.4, 0.5) is 0 Å². The molecule has 2 rings (SSSR count). The van der Waals surface area contributed by atoms with Gasteiger partial charge in [0.1, 0.15) is 4.88 Å². The zero-order valence-corrected chi connectivity index (χ0v) is 12.5. The number of methoxy groups -OCH3 is 1. The first kappa shape index (κ1) is 15.7. The van der Waals surface area contributed by atoms with Gasteiger partial charge < -0.3 is 19.3 Å². The average molecular weight is 330 g/mol. The van der Waals surface area contributed by atoms with Crippen molar-refractivity contribution in [1.82, 2.24) is 0 Å². The Morgan fingerprint density at radius 3 is 2.57 bits per heavy atom. The number of hydrogen-bond donors (Lipinski definition) is 2. The summed E-state index contributed by atoms with van der Waals surface area (Å²) in [6, 6.07) is 6.32. The third kappa shape index (κ3) is 3.89. The van der Waals surface area contributed by atoms with E-state index in [1.807, 2.05) is 0 Å². The third-order valence-corrected chi connectivity index (χ3v) is 4.05. The molecule has 7 nitrogen and oxygen atoms in total. The second kappa shape index (κ2) is 5.95. The molecule has 0 radical (unpaired) electrons. The van der Waals surface area contributed by atoms with Crippen LogP contribution in [-0.4, -0.2) is 35.2 Å². The van der Waals surface area contributed by atoms with Gasteiger partial charge in [0.05, 0.1) is 12.7 Å². The van der Waals surface area contributed by atoms with Crippen LogP contribution in [0, 0.1) is 0 Å². The van der Waals surface area contributed by atoms with E-state index in [0.29, 0.717) is 10.3 Å². The molecule has 2 aromatic rings. The molecule has 112 valence electrons. The summed E-state index contributed by atoms with van der Waals surface area (Å²) in [5, 5.41) is 0.718. The van der Waals surface area contributed by atoms with Crippen molar-refractivity contribution in [3.8, 4) is 0 Å². The molecule has 0 saturated heterocycles. The molecule has 0 aliphatic carbocycles. The van der Waals surface area contributed by atoms with E-state index in [9.17, 15) is 14.2 Å². The quantitative estimate of drug-likeness (QED) is 0.651. The summed E-state index contributed by atoms with van der Waals surface area (Å²) in [6.07, 6.45) is -0.965. The van der Waals surface area contributed by atoms with Crippen LogP contribution in [-0.2, 0) is 14.0 Å². The monoisotopic (exact) mass is 330 g/mol. The van der Waals surface area contributed by atoms with Gasteiger partial charge in [0, 0.05) is 4.70 Å². The Morgan fingerprint density at radius 2 is 1.95 bits per heavy atom. The zero-order chi connectivity index (χ0) is 15.6. The van der Waals surface area contributed by atoms with Gasteiger partial charge in [-0.1, -0.05) is 6.07 Å². The van der Waals surface area contributed by atoms with Crippen molar-refractivity contribution in [2.75, 3.05) is 13.5 Å². The lowest BCUT2D eigenvalue weighted by atomic mass is 10.2. The first-order valence-corrected chi connectivity index (χ1v) is 8.25. The van der Waals surface area contributed by atoms with Crippen LogP contribution in [0.5, 0.6) is 0 Å². The maximum absolute atomic E-state index is 11.7. The fourth-order valence-electron chi connectivity index (χ4n) is 1.59. The topological polar surface area (TPSA) is 110 Å². The van der Waals surface area contributed by atoms with Gasteiger partial charge in [-0.25, -0.2) is 9.59 Å². The third-order valence-electron chi connectivity index (χ3n) is 2.51. The van der Waals surface area contributed by atoms with Gasteiger partial charge in [-0.3, -0.25) is 4.57 Å². The Hall–Kier alpha value is -1.73. The van der Waals surface area contributed by atoms with Crippen molar-refractivity contribution in [2.24, 2.45) is 0 Å². The Morgan fingerprint density at radius 1 is 1.24 bits per heavy atom. The number of rotatable bonds is 4. The van der Waals surface area contributed by atoms with Crippen LogP contribution in [0.2, 0.25) is 0 Å². The Bertz CT molecular complexity index is 745. The van der Waals surface area contributed by atoms with Crippen molar-refractivity contribution in [2.45, 2.75) is 0 Å². The summed E-state index contributed by atoms with van der Waals surface area (Å²) in [6.45, 7) is 0. The molecule has 0 atom stereocenters. The highest BCUT2D eigenvalue weighted by molar-refractivity contribution is 7.51. The summed E-state index contributed by atoms with van der Waals surface area (Å²) in [5.74, 6) is -1.31. The highest BCUT2D eigenvalue weighted by Crippen LogP contribution is 2.35. The van der Waals surface area contributed by atoms with E-state index in [4.69, 9.17) is 9.79 Å². The fourth-order valence-corrected chi connectivity index (χ4v) is 2.87. The molecule has 1 aromatic heterocycles. The minimum atomic E-state index is -4.40. The van der Waals surface area contributed by atoms with Crippen molar-refractivity contribution < 1.29 is 33.4 Å². The lowest BCUT2D eigenvalue weighted by molar-refractivity contribution is 0.0554. The van der Waals surface area contributed by atoms with Crippen molar-refractivity contribution in [3.05, 3.63) is 34.7 Å². The summed E-state index contributed by atoms with van der Waals surface area (Å²) in [4.78, 5) is 40.6. The zero-order valence-electron chi connectivity index (χ0n) is 10.8. The van der Waals surface area contributed by atoms with Crippen LogP contribution in [0.3, 0.4) is 0 Å². The first-order valence-electron chi connectivity index (χ1n) is 5.64. The minimum absolute atomic E-state index is 0.195. The predicted molar refractivity (Wildman–Crippen MR) is 75.5 cm³/mol. The number of benzene rings is 1. The van der Waals surface area contributed by atoms with Crippen LogP contribution in [0.1, 0.15) is 20.0 Å². The first-order chi connectivity index (χ1) is 9.80. The molecule has 0 fully saturated rings. The number of ether oxygens (including phenoxy) is 2. The van der Waals surface area contributed by atoms with Crippen LogP contribution in [0.25, 0.3) is 10.1 Å². The molecule has 0 aliphatic rings. The normalized spacial score (nSPS) is 11.4. The maximum atomic E-state index is 11.7. The highest BCUT2D eigenvalue weighted by atomic mass is 32.1. The van der Waals surface area contributed by atoms with Crippen LogP contribution in [0.15, 0.2) is 24.3 Å². The predicted octanol–water partition coefficient (Wildman–Crippen LogP) is 1.98. The molecule has 0 unspecified atom stereocenters. The number of hydrogen-bond acceptors (Lipinski definition) is 6. The van der Waals surface area contributed by atoms with Gasteiger partial charge >= 0.3 is 19.5 Å². The van der Waals surface area contributed by atoms with Crippen molar-refractivity contribution in [3.63, 3.8) is 0 Å². The molecule has 9 heteroatoms. The number of carbonyl (C=O) groups is 2. The van der Waals surface area contributed by atoms with E-state index in [-0.39, 0.29) is 4.88 Å². The standard InChI is InChI=1S/C12H11O7PS/c1-18-11(13)8-3-2-7-4-10(21-9(7)5-8)12(14)19-6-20(15,16)17/h2-5H,6H2,1H3,(H2,15,16,17). The van der Waals surface area contributed by atoms with E-state index in [1.165, 1.54) is 13.2 Å². The molecular formula is C12H11O7PS.